The zero-order chi connectivity index (χ0) is 37.5. The summed E-state index contributed by atoms with van der Waals surface area (Å²) in [7, 11) is 0. The van der Waals surface area contributed by atoms with E-state index in [1.54, 1.807) is 0 Å². The van der Waals surface area contributed by atoms with E-state index in [2.05, 4.69) is 209 Å². The molecule has 0 aliphatic heterocycles. The molecular weight excluding hydrogens is 693 g/mol. The number of para-hydroxylation sites is 3. The average Bonchev–Trinajstić information content (AvgIpc) is 3.94. The SMILES string of the molecule is c1ccc(-c2cccc(-n3c4ccccc4c4cc(-c5ccc6c(c5)c5ccccc5n6-c5cc(-c6ccccc6)cc6oc7ccccc7c56)ccc43)c2)cc1. The summed E-state index contributed by atoms with van der Waals surface area (Å²) in [6.45, 7) is 0. The Bertz CT molecular complexity index is 3510. The minimum atomic E-state index is 0.884. The normalized spacial score (nSPS) is 11.9. The van der Waals surface area contributed by atoms with Crippen LogP contribution in [-0.2, 0) is 0 Å². The van der Waals surface area contributed by atoms with E-state index in [-0.39, 0.29) is 0 Å². The van der Waals surface area contributed by atoms with Gasteiger partial charge in [-0.25, -0.2) is 0 Å². The molecule has 57 heavy (non-hydrogen) atoms. The third-order valence-electron chi connectivity index (χ3n) is 11.7. The van der Waals surface area contributed by atoms with Crippen molar-refractivity contribution in [2.45, 2.75) is 0 Å². The van der Waals surface area contributed by atoms with Gasteiger partial charge in [-0.2, -0.15) is 0 Å². The molecule has 0 N–H and O–H groups in total. The molecule has 3 heteroatoms. The van der Waals surface area contributed by atoms with Gasteiger partial charge in [0.15, 0.2) is 0 Å². The fourth-order valence-corrected chi connectivity index (χ4v) is 9.10. The second kappa shape index (κ2) is 12.5. The lowest BCUT2D eigenvalue weighted by molar-refractivity contribution is 0.669. The molecule has 0 amide bonds. The van der Waals surface area contributed by atoms with Crippen molar-refractivity contribution in [3.8, 4) is 44.8 Å². The molecule has 0 saturated heterocycles. The average molecular weight is 727 g/mol. The molecule has 0 aliphatic rings. The fourth-order valence-electron chi connectivity index (χ4n) is 9.10. The van der Waals surface area contributed by atoms with E-state index in [9.17, 15) is 0 Å². The van der Waals surface area contributed by atoms with Gasteiger partial charge < -0.3 is 13.6 Å². The molecule has 0 bridgehead atoms. The van der Waals surface area contributed by atoms with Crippen LogP contribution in [0, 0.1) is 0 Å². The van der Waals surface area contributed by atoms with Crippen molar-refractivity contribution in [2.24, 2.45) is 0 Å². The molecule has 0 aliphatic carbocycles. The predicted octanol–water partition coefficient (Wildman–Crippen LogP) is 14.8. The number of rotatable bonds is 5. The lowest BCUT2D eigenvalue weighted by Crippen LogP contribution is -1.96. The topological polar surface area (TPSA) is 23.0 Å². The quantitative estimate of drug-likeness (QED) is 0.173. The first-order chi connectivity index (χ1) is 28.3. The largest absolute Gasteiger partial charge is 0.456 e. The van der Waals surface area contributed by atoms with Crippen molar-refractivity contribution >= 4 is 65.6 Å². The highest BCUT2D eigenvalue weighted by Gasteiger charge is 2.20. The second-order valence-corrected chi connectivity index (χ2v) is 14.9. The minimum absolute atomic E-state index is 0.884. The van der Waals surface area contributed by atoms with Gasteiger partial charge in [-0.3, -0.25) is 0 Å². The molecule has 12 aromatic rings. The molecular formula is C54H34N2O. The molecule has 3 nitrogen and oxygen atoms in total. The number of benzene rings is 9. The molecule has 0 radical (unpaired) electrons. The monoisotopic (exact) mass is 726 g/mol. The van der Waals surface area contributed by atoms with E-state index >= 15 is 0 Å². The fraction of sp³-hybridized carbons (Fsp3) is 0. The van der Waals surface area contributed by atoms with Crippen LogP contribution in [0.4, 0.5) is 0 Å². The van der Waals surface area contributed by atoms with E-state index < -0.39 is 0 Å². The Morgan fingerprint density at radius 2 is 0.789 bits per heavy atom. The van der Waals surface area contributed by atoms with Crippen molar-refractivity contribution < 1.29 is 4.42 Å². The van der Waals surface area contributed by atoms with Crippen LogP contribution in [0.3, 0.4) is 0 Å². The van der Waals surface area contributed by atoms with Crippen LogP contribution >= 0.6 is 0 Å². The molecule has 3 heterocycles. The molecule has 0 saturated carbocycles. The Hall–Kier alpha value is -7.62. The summed E-state index contributed by atoms with van der Waals surface area (Å²) in [6.07, 6.45) is 0. The van der Waals surface area contributed by atoms with Crippen molar-refractivity contribution in [2.75, 3.05) is 0 Å². The Morgan fingerprint density at radius 3 is 1.47 bits per heavy atom. The number of furan rings is 1. The van der Waals surface area contributed by atoms with E-state index in [1.165, 1.54) is 54.8 Å². The van der Waals surface area contributed by atoms with Gasteiger partial charge >= 0.3 is 0 Å². The van der Waals surface area contributed by atoms with E-state index in [1.807, 2.05) is 6.07 Å². The summed E-state index contributed by atoms with van der Waals surface area (Å²) in [5.74, 6) is 0. The maximum Gasteiger partial charge on any atom is 0.138 e. The number of hydrogen-bond acceptors (Lipinski definition) is 1. The van der Waals surface area contributed by atoms with E-state index in [4.69, 9.17) is 4.42 Å². The van der Waals surface area contributed by atoms with Crippen LogP contribution in [0.1, 0.15) is 0 Å². The third kappa shape index (κ3) is 4.92. The molecule has 0 atom stereocenters. The van der Waals surface area contributed by atoms with Gasteiger partial charge in [0.25, 0.3) is 0 Å². The van der Waals surface area contributed by atoms with Gasteiger partial charge in [-0.1, -0.05) is 140 Å². The van der Waals surface area contributed by atoms with Crippen molar-refractivity contribution in [3.05, 3.63) is 206 Å². The van der Waals surface area contributed by atoms with Crippen LogP contribution < -0.4 is 0 Å². The first kappa shape index (κ1) is 31.7. The molecule has 0 unspecified atom stereocenters. The first-order valence-corrected chi connectivity index (χ1v) is 19.5. The van der Waals surface area contributed by atoms with Crippen molar-refractivity contribution in [1.82, 2.24) is 9.13 Å². The number of aromatic nitrogens is 2. The van der Waals surface area contributed by atoms with Gasteiger partial charge in [-0.05, 0) is 100 Å². The Morgan fingerprint density at radius 1 is 0.281 bits per heavy atom. The van der Waals surface area contributed by atoms with E-state index in [0.717, 1.165) is 55.5 Å². The lowest BCUT2D eigenvalue weighted by Gasteiger charge is -2.13. The summed E-state index contributed by atoms with van der Waals surface area (Å²) in [6, 6.07) is 74.4. The summed E-state index contributed by atoms with van der Waals surface area (Å²) in [5.41, 5.74) is 15.8. The summed E-state index contributed by atoms with van der Waals surface area (Å²) < 4.78 is 11.4. The molecule has 266 valence electrons. The van der Waals surface area contributed by atoms with Crippen molar-refractivity contribution in [1.29, 1.82) is 0 Å². The highest BCUT2D eigenvalue weighted by molar-refractivity contribution is 6.16. The Labute approximate surface area is 328 Å². The highest BCUT2D eigenvalue weighted by atomic mass is 16.3. The Kier molecular flexibility index (Phi) is 6.93. The molecule has 3 aromatic heterocycles. The summed E-state index contributed by atoms with van der Waals surface area (Å²) in [5, 5.41) is 7.15. The van der Waals surface area contributed by atoms with E-state index in [0.29, 0.717) is 0 Å². The van der Waals surface area contributed by atoms with Crippen LogP contribution in [0.5, 0.6) is 0 Å². The number of nitrogens with zero attached hydrogens (tertiary/aromatic N) is 2. The second-order valence-electron chi connectivity index (χ2n) is 14.9. The third-order valence-corrected chi connectivity index (χ3v) is 11.7. The van der Waals surface area contributed by atoms with Crippen LogP contribution in [-0.4, -0.2) is 9.13 Å². The maximum atomic E-state index is 6.56. The lowest BCUT2D eigenvalue weighted by atomic mass is 10.0. The minimum Gasteiger partial charge on any atom is -0.456 e. The van der Waals surface area contributed by atoms with Gasteiger partial charge in [0, 0.05) is 32.6 Å². The molecule has 9 aromatic carbocycles. The van der Waals surface area contributed by atoms with Crippen molar-refractivity contribution in [3.63, 3.8) is 0 Å². The smallest absolute Gasteiger partial charge is 0.138 e. The number of fused-ring (bicyclic) bond motifs is 9. The Balaban J connectivity index is 1.05. The molecule has 12 rings (SSSR count). The zero-order valence-electron chi connectivity index (χ0n) is 30.9. The molecule has 0 spiro atoms. The summed E-state index contributed by atoms with van der Waals surface area (Å²) >= 11 is 0. The van der Waals surface area contributed by atoms with Gasteiger partial charge in [0.05, 0.1) is 33.1 Å². The first-order valence-electron chi connectivity index (χ1n) is 19.5. The predicted molar refractivity (Wildman–Crippen MR) is 239 cm³/mol. The maximum absolute atomic E-state index is 6.56. The standard InChI is InChI=1S/C54H34N2O/c1-3-14-35(15-4-1)37-18-13-19-41(30-37)55-47-23-10-7-20-42(47)45-31-38(26-28-49(45)55)39-27-29-50-46(32-39)43-21-8-11-24-48(43)56(50)51-33-40(36-16-5-2-6-17-36)34-53-54(51)44-22-9-12-25-52(44)57-53/h1-34H. The van der Waals surface area contributed by atoms with Crippen LogP contribution in [0.2, 0.25) is 0 Å². The van der Waals surface area contributed by atoms with Gasteiger partial charge in [-0.15, -0.1) is 0 Å². The molecule has 0 fully saturated rings. The zero-order valence-corrected chi connectivity index (χ0v) is 30.9. The highest BCUT2D eigenvalue weighted by Crippen LogP contribution is 2.43. The van der Waals surface area contributed by atoms with Crippen LogP contribution in [0.25, 0.3) is 110 Å². The van der Waals surface area contributed by atoms with Crippen LogP contribution in [0.15, 0.2) is 211 Å². The number of hydrogen-bond donors (Lipinski definition) is 0. The summed E-state index contributed by atoms with van der Waals surface area (Å²) in [4.78, 5) is 0. The van der Waals surface area contributed by atoms with Gasteiger partial charge in [0.1, 0.15) is 11.2 Å². The van der Waals surface area contributed by atoms with Gasteiger partial charge in [0.2, 0.25) is 0 Å².